The minimum absolute atomic E-state index is 0.00358. The van der Waals surface area contributed by atoms with Crippen LogP contribution in [0.2, 0.25) is 5.02 Å². The molecule has 0 spiro atoms. The number of aromatic nitrogens is 2. The Hall–Kier alpha value is -2.91. The number of carbonyl (C=O) groups is 2. The van der Waals surface area contributed by atoms with Crippen molar-refractivity contribution in [2.75, 3.05) is 11.1 Å². The Balaban J connectivity index is 1.48. The van der Waals surface area contributed by atoms with Gasteiger partial charge < -0.3 is 15.1 Å². The number of benzene rings is 2. The largest absolute Gasteiger partial charge is 0.414 e. The Labute approximate surface area is 175 Å². The van der Waals surface area contributed by atoms with Crippen LogP contribution < -0.4 is 10.6 Å². The summed E-state index contributed by atoms with van der Waals surface area (Å²) >= 11 is 6.91. The summed E-state index contributed by atoms with van der Waals surface area (Å²) < 4.78 is 19.1. The van der Waals surface area contributed by atoms with E-state index in [2.05, 4.69) is 20.8 Å². The molecule has 0 bridgehead atoms. The van der Waals surface area contributed by atoms with E-state index in [9.17, 15) is 14.0 Å². The molecule has 1 aromatic heterocycles. The van der Waals surface area contributed by atoms with Crippen molar-refractivity contribution in [1.82, 2.24) is 15.5 Å². The van der Waals surface area contributed by atoms with Crippen LogP contribution in [0.5, 0.6) is 0 Å². The van der Waals surface area contributed by atoms with E-state index >= 15 is 0 Å². The molecule has 2 aromatic carbocycles. The highest BCUT2D eigenvalue weighted by atomic mass is 35.5. The zero-order valence-corrected chi connectivity index (χ0v) is 16.8. The third-order valence-electron chi connectivity index (χ3n) is 3.70. The van der Waals surface area contributed by atoms with Crippen molar-refractivity contribution >= 4 is 40.9 Å². The van der Waals surface area contributed by atoms with Crippen molar-refractivity contribution in [3.63, 3.8) is 0 Å². The second kappa shape index (κ2) is 9.53. The highest BCUT2D eigenvalue weighted by Gasteiger charge is 2.17. The summed E-state index contributed by atoms with van der Waals surface area (Å²) in [5.74, 6) is -1.45. The van der Waals surface area contributed by atoms with Gasteiger partial charge in [-0.2, -0.15) is 0 Å². The van der Waals surface area contributed by atoms with Crippen LogP contribution in [-0.4, -0.2) is 27.8 Å². The molecule has 0 aliphatic carbocycles. The van der Waals surface area contributed by atoms with Crippen LogP contribution in [0.25, 0.3) is 0 Å². The number of halogens is 2. The van der Waals surface area contributed by atoms with Crippen molar-refractivity contribution in [1.29, 1.82) is 0 Å². The molecule has 0 aliphatic rings. The first-order valence-corrected chi connectivity index (χ1v) is 9.82. The molecule has 0 aliphatic heterocycles. The Morgan fingerprint density at radius 3 is 2.66 bits per heavy atom. The van der Waals surface area contributed by atoms with Crippen LogP contribution in [0, 0.1) is 12.7 Å². The van der Waals surface area contributed by atoms with E-state index in [-0.39, 0.29) is 39.9 Å². The summed E-state index contributed by atoms with van der Waals surface area (Å²) in [4.78, 5) is 24.1. The van der Waals surface area contributed by atoms with E-state index in [1.807, 2.05) is 31.2 Å². The number of hydrogen-bond donors (Lipinski definition) is 2. The third-order valence-corrected chi connectivity index (χ3v) is 4.83. The Morgan fingerprint density at radius 1 is 1.17 bits per heavy atom. The van der Waals surface area contributed by atoms with Crippen molar-refractivity contribution in [3.05, 3.63) is 70.3 Å². The van der Waals surface area contributed by atoms with Crippen molar-refractivity contribution < 1.29 is 18.4 Å². The van der Waals surface area contributed by atoms with Gasteiger partial charge in [0.2, 0.25) is 11.8 Å². The van der Waals surface area contributed by atoms with Crippen LogP contribution in [0.15, 0.2) is 52.1 Å². The third kappa shape index (κ3) is 5.78. The molecule has 3 aromatic rings. The van der Waals surface area contributed by atoms with Gasteiger partial charge in [0.15, 0.2) is 0 Å². The van der Waals surface area contributed by atoms with E-state index in [4.69, 9.17) is 16.0 Å². The maximum absolute atomic E-state index is 13.7. The second-order valence-electron chi connectivity index (χ2n) is 5.94. The fraction of sp³-hybridized carbons (Fsp3) is 0.158. The highest BCUT2D eigenvalue weighted by Crippen LogP contribution is 2.20. The first-order valence-electron chi connectivity index (χ1n) is 8.46. The molecule has 150 valence electrons. The molecule has 10 heteroatoms. The van der Waals surface area contributed by atoms with Gasteiger partial charge in [-0.05, 0) is 31.2 Å². The van der Waals surface area contributed by atoms with Gasteiger partial charge in [-0.25, -0.2) is 4.39 Å². The molecule has 29 heavy (non-hydrogen) atoms. The van der Waals surface area contributed by atoms with Crippen LogP contribution >= 0.6 is 23.4 Å². The first-order chi connectivity index (χ1) is 13.9. The fourth-order valence-electron chi connectivity index (χ4n) is 2.29. The Morgan fingerprint density at radius 2 is 1.93 bits per heavy atom. The molecule has 0 atom stereocenters. The number of thioether (sulfide) groups is 1. The summed E-state index contributed by atoms with van der Waals surface area (Å²) in [5, 5.41) is 13.0. The number of hydrogen-bond acceptors (Lipinski definition) is 6. The van der Waals surface area contributed by atoms with E-state index in [1.54, 1.807) is 0 Å². The topological polar surface area (TPSA) is 97.1 Å². The molecule has 1 heterocycles. The van der Waals surface area contributed by atoms with Crippen LogP contribution in [0.4, 0.5) is 10.1 Å². The van der Waals surface area contributed by atoms with Crippen molar-refractivity contribution in [3.8, 4) is 0 Å². The first kappa shape index (κ1) is 20.8. The SMILES string of the molecule is Cc1ccc(NC(=O)CSc2nnc(CNC(=O)c3c(F)cccc3Cl)o2)cc1. The lowest BCUT2D eigenvalue weighted by molar-refractivity contribution is -0.113. The van der Waals surface area contributed by atoms with E-state index in [0.29, 0.717) is 5.69 Å². The molecule has 0 unspecified atom stereocenters. The molecule has 0 saturated heterocycles. The molecular weight excluding hydrogens is 419 g/mol. The number of aryl methyl sites for hydroxylation is 1. The van der Waals surface area contributed by atoms with Crippen molar-refractivity contribution in [2.24, 2.45) is 0 Å². The van der Waals surface area contributed by atoms with Crippen LogP contribution in [0.3, 0.4) is 0 Å². The number of nitrogens with zero attached hydrogens (tertiary/aromatic N) is 2. The van der Waals surface area contributed by atoms with Crippen molar-refractivity contribution in [2.45, 2.75) is 18.7 Å². The quantitative estimate of drug-likeness (QED) is 0.548. The maximum Gasteiger partial charge on any atom is 0.277 e. The average Bonchev–Trinajstić information content (AvgIpc) is 3.14. The van der Waals surface area contributed by atoms with Gasteiger partial charge in [0.05, 0.1) is 22.9 Å². The zero-order chi connectivity index (χ0) is 20.8. The number of nitrogens with one attached hydrogen (secondary N) is 2. The minimum Gasteiger partial charge on any atom is -0.414 e. The minimum atomic E-state index is -0.726. The summed E-state index contributed by atoms with van der Waals surface area (Å²) in [6.07, 6.45) is 0. The molecule has 2 amide bonds. The Kier molecular flexibility index (Phi) is 6.84. The fourth-order valence-corrected chi connectivity index (χ4v) is 3.12. The smallest absolute Gasteiger partial charge is 0.277 e. The van der Waals surface area contributed by atoms with E-state index in [0.717, 1.165) is 23.4 Å². The summed E-state index contributed by atoms with van der Waals surface area (Å²) in [7, 11) is 0. The van der Waals surface area contributed by atoms with Gasteiger partial charge >= 0.3 is 0 Å². The summed E-state index contributed by atoms with van der Waals surface area (Å²) in [6, 6.07) is 11.4. The van der Waals surface area contributed by atoms with Gasteiger partial charge in [0.25, 0.3) is 11.1 Å². The average molecular weight is 435 g/mol. The normalized spacial score (nSPS) is 10.6. The molecule has 3 rings (SSSR count). The van der Waals surface area contributed by atoms with Crippen LogP contribution in [0.1, 0.15) is 21.8 Å². The highest BCUT2D eigenvalue weighted by molar-refractivity contribution is 7.99. The molecule has 7 nitrogen and oxygen atoms in total. The monoisotopic (exact) mass is 434 g/mol. The second-order valence-corrected chi connectivity index (χ2v) is 7.28. The zero-order valence-electron chi connectivity index (χ0n) is 15.2. The summed E-state index contributed by atoms with van der Waals surface area (Å²) in [5.41, 5.74) is 1.54. The molecule has 0 fully saturated rings. The molecule has 0 radical (unpaired) electrons. The standard InChI is InChI=1S/C19H16ClFN4O3S/c1-11-5-7-12(8-6-11)23-15(26)10-29-19-25-24-16(28-19)9-22-18(27)17-13(20)3-2-4-14(17)21/h2-8H,9-10H2,1H3,(H,22,27)(H,23,26). The lowest BCUT2D eigenvalue weighted by Gasteiger charge is -2.05. The van der Waals surface area contributed by atoms with Gasteiger partial charge in [0.1, 0.15) is 5.82 Å². The predicted octanol–water partition coefficient (Wildman–Crippen LogP) is 3.83. The van der Waals surface area contributed by atoms with Crippen LogP contribution in [-0.2, 0) is 11.3 Å². The number of amides is 2. The molecule has 2 N–H and O–H groups in total. The van der Waals surface area contributed by atoms with E-state index in [1.165, 1.54) is 12.1 Å². The van der Waals surface area contributed by atoms with E-state index < -0.39 is 11.7 Å². The summed E-state index contributed by atoms with van der Waals surface area (Å²) in [6.45, 7) is 1.86. The maximum atomic E-state index is 13.7. The number of rotatable bonds is 7. The lowest BCUT2D eigenvalue weighted by Crippen LogP contribution is -2.24. The molecule has 0 saturated carbocycles. The number of carbonyl (C=O) groups excluding carboxylic acids is 2. The van der Waals surface area contributed by atoms with Gasteiger partial charge in [-0.1, -0.05) is 47.1 Å². The number of anilines is 1. The van der Waals surface area contributed by atoms with Gasteiger partial charge in [-0.3, -0.25) is 9.59 Å². The van der Waals surface area contributed by atoms with Gasteiger partial charge in [-0.15, -0.1) is 10.2 Å². The Bertz CT molecular complexity index is 1010. The molecular formula is C19H16ClFN4O3S. The predicted molar refractivity (Wildman–Crippen MR) is 107 cm³/mol. The van der Waals surface area contributed by atoms with Gasteiger partial charge in [0, 0.05) is 5.69 Å². The lowest BCUT2D eigenvalue weighted by atomic mass is 10.2.